The average Bonchev–Trinajstić information content (AvgIpc) is 2.29. The van der Waals surface area contributed by atoms with Gasteiger partial charge in [0.1, 0.15) is 0 Å². The normalized spacial score (nSPS) is 12.2. The highest BCUT2D eigenvalue weighted by Crippen LogP contribution is 2.16. The molecule has 2 nitrogen and oxygen atoms in total. The molecular weight excluding hydrogens is 298 g/mol. The van der Waals surface area contributed by atoms with Gasteiger partial charge in [-0.15, -0.1) is 11.8 Å². The Hall–Kier alpha value is -0.480. The molecule has 1 atom stereocenters. The number of hydrogen-bond donors (Lipinski definition) is 1. The van der Waals surface area contributed by atoms with E-state index in [1.165, 1.54) is 5.56 Å². The van der Waals surface area contributed by atoms with Gasteiger partial charge in [-0.25, -0.2) is 0 Å². The van der Waals surface area contributed by atoms with E-state index in [0.29, 0.717) is 5.75 Å². The van der Waals surface area contributed by atoms with E-state index >= 15 is 0 Å². The van der Waals surface area contributed by atoms with Crippen molar-refractivity contribution >= 4 is 33.6 Å². The Morgan fingerprint density at radius 1 is 1.53 bits per heavy atom. The van der Waals surface area contributed by atoms with Crippen LogP contribution in [0.1, 0.15) is 25.8 Å². The molecule has 0 fully saturated rings. The van der Waals surface area contributed by atoms with Crippen molar-refractivity contribution < 1.29 is 4.79 Å². The predicted octanol–water partition coefficient (Wildman–Crippen LogP) is 3.60. The van der Waals surface area contributed by atoms with Gasteiger partial charge in [-0.3, -0.25) is 4.79 Å². The molecule has 0 aliphatic rings. The number of benzene rings is 1. The van der Waals surface area contributed by atoms with E-state index < -0.39 is 0 Å². The summed E-state index contributed by atoms with van der Waals surface area (Å²) < 4.78 is 1.08. The van der Waals surface area contributed by atoms with Gasteiger partial charge in [0.25, 0.3) is 0 Å². The van der Waals surface area contributed by atoms with E-state index in [1.807, 2.05) is 19.1 Å². The second-order valence-electron chi connectivity index (χ2n) is 4.00. The van der Waals surface area contributed by atoms with E-state index in [-0.39, 0.29) is 11.9 Å². The Morgan fingerprint density at radius 2 is 2.29 bits per heavy atom. The summed E-state index contributed by atoms with van der Waals surface area (Å²) in [6.07, 6.45) is 0.974. The van der Waals surface area contributed by atoms with Crippen molar-refractivity contribution in [1.29, 1.82) is 0 Å². The number of carbonyl (C=O) groups excluding carboxylic acids is 1. The molecule has 0 bridgehead atoms. The quantitative estimate of drug-likeness (QED) is 0.869. The van der Waals surface area contributed by atoms with Gasteiger partial charge in [-0.05, 0) is 31.0 Å². The first kappa shape index (κ1) is 14.6. The topological polar surface area (TPSA) is 29.1 Å². The maximum atomic E-state index is 11.5. The molecule has 1 N–H and O–H groups in total. The lowest BCUT2D eigenvalue weighted by Crippen LogP contribution is -2.33. The highest BCUT2D eigenvalue weighted by molar-refractivity contribution is 9.10. The van der Waals surface area contributed by atoms with Crippen molar-refractivity contribution in [1.82, 2.24) is 5.32 Å². The van der Waals surface area contributed by atoms with Crippen LogP contribution in [0.5, 0.6) is 0 Å². The van der Waals surface area contributed by atoms with Crippen LogP contribution in [0, 0.1) is 0 Å². The molecule has 0 saturated carbocycles. The maximum absolute atomic E-state index is 11.5. The number of halogens is 1. The van der Waals surface area contributed by atoms with Gasteiger partial charge in [-0.1, -0.05) is 35.0 Å². The highest BCUT2D eigenvalue weighted by Gasteiger charge is 2.05. The minimum Gasteiger partial charge on any atom is -0.353 e. The van der Waals surface area contributed by atoms with Crippen LogP contribution in [0.4, 0.5) is 0 Å². The summed E-state index contributed by atoms with van der Waals surface area (Å²) in [5.41, 5.74) is 1.24. The Labute approximate surface area is 116 Å². The second-order valence-corrected chi connectivity index (χ2v) is 5.90. The molecule has 0 heterocycles. The summed E-state index contributed by atoms with van der Waals surface area (Å²) in [5.74, 6) is 1.52. The van der Waals surface area contributed by atoms with E-state index in [4.69, 9.17) is 0 Å². The van der Waals surface area contributed by atoms with Crippen LogP contribution >= 0.6 is 27.7 Å². The number of amides is 1. The number of carbonyl (C=O) groups is 1. The molecule has 0 saturated heterocycles. The van der Waals surface area contributed by atoms with Gasteiger partial charge in [0.15, 0.2) is 0 Å². The van der Waals surface area contributed by atoms with Gasteiger partial charge in [0, 0.05) is 16.3 Å². The van der Waals surface area contributed by atoms with Crippen molar-refractivity contribution in [2.45, 2.75) is 32.1 Å². The minimum absolute atomic E-state index is 0.124. The minimum atomic E-state index is 0.124. The van der Waals surface area contributed by atoms with E-state index in [2.05, 4.69) is 40.3 Å². The number of nitrogens with one attached hydrogen (secondary N) is 1. The van der Waals surface area contributed by atoms with Crippen molar-refractivity contribution in [3.8, 4) is 0 Å². The largest absolute Gasteiger partial charge is 0.353 e. The average molecular weight is 316 g/mol. The Kier molecular flexibility index (Phi) is 6.66. The standard InChI is InChI=1S/C13H18BrNOS/c1-3-10(2)15-13(16)9-17-8-11-5-4-6-12(14)7-11/h4-7,10H,3,8-9H2,1-2H3,(H,15,16)/t10-/m0/s1. The maximum Gasteiger partial charge on any atom is 0.230 e. The van der Waals surface area contributed by atoms with Crippen LogP contribution in [-0.2, 0) is 10.5 Å². The summed E-state index contributed by atoms with van der Waals surface area (Å²) in [6, 6.07) is 8.45. The van der Waals surface area contributed by atoms with Crippen LogP contribution in [0.2, 0.25) is 0 Å². The molecule has 0 aromatic heterocycles. The Morgan fingerprint density at radius 3 is 2.94 bits per heavy atom. The zero-order chi connectivity index (χ0) is 12.7. The third-order valence-electron chi connectivity index (χ3n) is 2.41. The molecule has 1 aromatic carbocycles. The molecule has 1 amide bonds. The van der Waals surface area contributed by atoms with Crippen LogP contribution < -0.4 is 5.32 Å². The lowest BCUT2D eigenvalue weighted by atomic mass is 10.2. The summed E-state index contributed by atoms with van der Waals surface area (Å²) in [7, 11) is 0. The third-order valence-corrected chi connectivity index (χ3v) is 3.91. The smallest absolute Gasteiger partial charge is 0.230 e. The van der Waals surface area contributed by atoms with E-state index in [1.54, 1.807) is 11.8 Å². The summed E-state index contributed by atoms with van der Waals surface area (Å²) >= 11 is 5.08. The lowest BCUT2D eigenvalue weighted by molar-refractivity contribution is -0.119. The zero-order valence-electron chi connectivity index (χ0n) is 10.2. The van der Waals surface area contributed by atoms with Crippen molar-refractivity contribution in [3.63, 3.8) is 0 Å². The first-order valence-corrected chi connectivity index (χ1v) is 7.68. The Balaban J connectivity index is 2.26. The predicted molar refractivity (Wildman–Crippen MR) is 78.2 cm³/mol. The second kappa shape index (κ2) is 7.77. The van der Waals surface area contributed by atoms with Crippen molar-refractivity contribution in [2.24, 2.45) is 0 Å². The van der Waals surface area contributed by atoms with Gasteiger partial charge in [0.05, 0.1) is 5.75 Å². The van der Waals surface area contributed by atoms with Crippen molar-refractivity contribution in [3.05, 3.63) is 34.3 Å². The van der Waals surface area contributed by atoms with E-state index in [9.17, 15) is 4.79 Å². The van der Waals surface area contributed by atoms with Crippen LogP contribution in [0.3, 0.4) is 0 Å². The molecule has 0 unspecified atom stereocenters. The molecule has 0 aliphatic carbocycles. The Bertz CT molecular complexity index is 370. The molecule has 4 heteroatoms. The first-order valence-electron chi connectivity index (χ1n) is 5.73. The fourth-order valence-corrected chi connectivity index (χ4v) is 2.54. The van der Waals surface area contributed by atoms with Crippen LogP contribution in [-0.4, -0.2) is 17.7 Å². The molecule has 0 aliphatic heterocycles. The molecule has 0 radical (unpaired) electrons. The number of hydrogen-bond acceptors (Lipinski definition) is 2. The van der Waals surface area contributed by atoms with E-state index in [0.717, 1.165) is 16.6 Å². The number of thioether (sulfide) groups is 1. The van der Waals surface area contributed by atoms with Gasteiger partial charge in [0.2, 0.25) is 5.91 Å². The SMILES string of the molecule is CC[C@H](C)NC(=O)CSCc1cccc(Br)c1. The third kappa shape index (κ3) is 6.13. The zero-order valence-corrected chi connectivity index (χ0v) is 12.6. The molecule has 1 rings (SSSR count). The highest BCUT2D eigenvalue weighted by atomic mass is 79.9. The fourth-order valence-electron chi connectivity index (χ4n) is 1.31. The molecule has 94 valence electrons. The first-order chi connectivity index (χ1) is 8.11. The molecule has 17 heavy (non-hydrogen) atoms. The fraction of sp³-hybridized carbons (Fsp3) is 0.462. The van der Waals surface area contributed by atoms with Gasteiger partial charge < -0.3 is 5.32 Å². The summed E-state index contributed by atoms with van der Waals surface area (Å²) in [5, 5.41) is 2.96. The van der Waals surface area contributed by atoms with Gasteiger partial charge >= 0.3 is 0 Å². The molecule has 0 spiro atoms. The summed E-state index contributed by atoms with van der Waals surface area (Å²) in [6.45, 7) is 4.09. The van der Waals surface area contributed by atoms with Gasteiger partial charge in [-0.2, -0.15) is 0 Å². The van der Waals surface area contributed by atoms with Crippen LogP contribution in [0.25, 0.3) is 0 Å². The molecular formula is C13H18BrNOS. The number of rotatable bonds is 6. The summed E-state index contributed by atoms with van der Waals surface area (Å²) in [4.78, 5) is 11.5. The lowest BCUT2D eigenvalue weighted by Gasteiger charge is -2.10. The molecule has 1 aromatic rings. The van der Waals surface area contributed by atoms with Crippen LogP contribution in [0.15, 0.2) is 28.7 Å². The monoisotopic (exact) mass is 315 g/mol. The van der Waals surface area contributed by atoms with Crippen molar-refractivity contribution in [2.75, 3.05) is 5.75 Å².